The summed E-state index contributed by atoms with van der Waals surface area (Å²) in [6.45, 7) is 0. The van der Waals surface area contributed by atoms with Crippen molar-refractivity contribution in [3.05, 3.63) is 65.2 Å². The van der Waals surface area contributed by atoms with E-state index in [0.29, 0.717) is 11.6 Å². The maximum atomic E-state index is 12.8. The summed E-state index contributed by atoms with van der Waals surface area (Å²) < 4.78 is 38.5. The fraction of sp³-hybridized carbons (Fsp3) is 0.211. The van der Waals surface area contributed by atoms with Gasteiger partial charge in [-0.05, 0) is 35.9 Å². The van der Waals surface area contributed by atoms with E-state index < -0.39 is 29.6 Å². The largest absolute Gasteiger partial charge is 0.508 e. The van der Waals surface area contributed by atoms with E-state index >= 15 is 0 Å². The zero-order valence-corrected chi connectivity index (χ0v) is 14.7. The number of carbonyl (C=O) groups is 2. The second kappa shape index (κ2) is 8.43. The number of aromatic hydroxyl groups is 1. The number of nitrogens with zero attached hydrogens (tertiary/aromatic N) is 2. The Hall–Kier alpha value is -3.54. The van der Waals surface area contributed by atoms with E-state index in [4.69, 9.17) is 5.26 Å². The molecule has 0 saturated carbocycles. The van der Waals surface area contributed by atoms with Crippen LogP contribution < -0.4 is 5.32 Å². The van der Waals surface area contributed by atoms with Gasteiger partial charge in [0.05, 0.1) is 5.56 Å². The molecule has 6 nitrogen and oxygen atoms in total. The standard InChI is InChI=1S/C19H16F3N3O3/c1-25(11-23)18(28)16(9-12-5-7-15(26)8-6-12)24-17(27)13-3-2-4-14(10-13)19(20,21)22/h2-8,10,16,26H,9H2,1H3,(H,24,27). The number of nitrogens with one attached hydrogen (secondary N) is 1. The van der Waals surface area contributed by atoms with E-state index in [1.165, 1.54) is 37.4 Å². The van der Waals surface area contributed by atoms with E-state index in [2.05, 4.69) is 5.32 Å². The number of phenols is 1. The van der Waals surface area contributed by atoms with Crippen LogP contribution in [0.25, 0.3) is 0 Å². The van der Waals surface area contributed by atoms with Crippen molar-refractivity contribution in [2.24, 2.45) is 0 Å². The molecule has 0 bridgehead atoms. The molecular weight excluding hydrogens is 375 g/mol. The van der Waals surface area contributed by atoms with Crippen LogP contribution in [-0.2, 0) is 17.4 Å². The van der Waals surface area contributed by atoms with Gasteiger partial charge >= 0.3 is 6.18 Å². The molecule has 146 valence electrons. The Morgan fingerprint density at radius 1 is 1.21 bits per heavy atom. The molecule has 0 radical (unpaired) electrons. The fourth-order valence-electron chi connectivity index (χ4n) is 2.43. The van der Waals surface area contributed by atoms with Crippen molar-refractivity contribution in [3.8, 4) is 11.9 Å². The number of phenolic OH excluding ortho intramolecular Hbond substituents is 1. The van der Waals surface area contributed by atoms with Gasteiger partial charge in [0.15, 0.2) is 6.19 Å². The summed E-state index contributed by atoms with van der Waals surface area (Å²) in [5.41, 5.74) is -0.680. The van der Waals surface area contributed by atoms with Crippen molar-refractivity contribution in [2.75, 3.05) is 7.05 Å². The topological polar surface area (TPSA) is 93.4 Å². The fourth-order valence-corrected chi connectivity index (χ4v) is 2.43. The first kappa shape index (κ1) is 20.8. The van der Waals surface area contributed by atoms with Gasteiger partial charge in [-0.25, -0.2) is 0 Å². The monoisotopic (exact) mass is 391 g/mol. The Kier molecular flexibility index (Phi) is 6.26. The first-order valence-corrected chi connectivity index (χ1v) is 8.05. The number of likely N-dealkylation sites (N-methyl/N-ethyl adjacent to an activating group) is 1. The van der Waals surface area contributed by atoms with Crippen molar-refractivity contribution in [3.63, 3.8) is 0 Å². The van der Waals surface area contributed by atoms with Gasteiger partial charge in [-0.3, -0.25) is 14.5 Å². The van der Waals surface area contributed by atoms with Crippen LogP contribution in [0.15, 0.2) is 48.5 Å². The second-order valence-electron chi connectivity index (χ2n) is 5.97. The second-order valence-corrected chi connectivity index (χ2v) is 5.97. The molecule has 0 aliphatic rings. The summed E-state index contributed by atoms with van der Waals surface area (Å²) in [6, 6.07) is 8.45. The van der Waals surface area contributed by atoms with E-state index in [-0.39, 0.29) is 17.7 Å². The molecule has 1 atom stereocenters. The number of hydrogen-bond acceptors (Lipinski definition) is 4. The number of hydrogen-bond donors (Lipinski definition) is 2. The number of amides is 2. The van der Waals surface area contributed by atoms with Crippen molar-refractivity contribution < 1.29 is 27.9 Å². The predicted octanol–water partition coefficient (Wildman–Crippen LogP) is 2.69. The Labute approximate surface area is 158 Å². The average Bonchev–Trinajstić information content (AvgIpc) is 2.67. The molecule has 28 heavy (non-hydrogen) atoms. The van der Waals surface area contributed by atoms with Gasteiger partial charge in [-0.15, -0.1) is 0 Å². The minimum absolute atomic E-state index is 0.00812. The number of rotatable bonds is 5. The van der Waals surface area contributed by atoms with Crippen molar-refractivity contribution in [1.29, 1.82) is 5.26 Å². The summed E-state index contributed by atoms with van der Waals surface area (Å²) in [7, 11) is 1.21. The Balaban J connectivity index is 2.26. The average molecular weight is 391 g/mol. The summed E-state index contributed by atoms with van der Waals surface area (Å²) in [6.07, 6.45) is -3.00. The van der Waals surface area contributed by atoms with Gasteiger partial charge in [0.2, 0.25) is 0 Å². The quantitative estimate of drug-likeness (QED) is 0.605. The summed E-state index contributed by atoms with van der Waals surface area (Å²) in [5.74, 6) is -1.60. The molecule has 2 rings (SSSR count). The van der Waals surface area contributed by atoms with Gasteiger partial charge in [-0.1, -0.05) is 18.2 Å². The molecule has 9 heteroatoms. The number of alkyl halides is 3. The van der Waals surface area contributed by atoms with Crippen LogP contribution in [-0.4, -0.2) is 34.9 Å². The van der Waals surface area contributed by atoms with E-state index in [1.807, 2.05) is 0 Å². The molecule has 0 aliphatic carbocycles. The highest BCUT2D eigenvalue weighted by Crippen LogP contribution is 2.29. The number of nitriles is 1. The van der Waals surface area contributed by atoms with E-state index in [9.17, 15) is 27.9 Å². The first-order valence-electron chi connectivity index (χ1n) is 8.05. The summed E-state index contributed by atoms with van der Waals surface area (Å²) in [5, 5.41) is 20.6. The normalized spacial score (nSPS) is 12.0. The zero-order chi connectivity index (χ0) is 20.9. The van der Waals surface area contributed by atoms with Gasteiger partial charge in [0.1, 0.15) is 11.8 Å². The SMILES string of the molecule is CN(C#N)C(=O)C(Cc1ccc(O)cc1)NC(=O)c1cccc(C(F)(F)F)c1. The lowest BCUT2D eigenvalue weighted by Gasteiger charge is -2.20. The highest BCUT2D eigenvalue weighted by Gasteiger charge is 2.31. The van der Waals surface area contributed by atoms with Crippen molar-refractivity contribution in [2.45, 2.75) is 18.6 Å². The minimum atomic E-state index is -4.61. The Morgan fingerprint density at radius 2 is 1.86 bits per heavy atom. The third-order valence-corrected chi connectivity index (χ3v) is 3.91. The lowest BCUT2D eigenvalue weighted by atomic mass is 10.0. The predicted molar refractivity (Wildman–Crippen MR) is 92.9 cm³/mol. The lowest BCUT2D eigenvalue weighted by molar-refractivity contribution is -0.137. The van der Waals surface area contributed by atoms with Crippen LogP contribution in [0.1, 0.15) is 21.5 Å². The molecule has 2 N–H and O–H groups in total. The molecule has 2 aromatic rings. The Bertz CT molecular complexity index is 905. The van der Waals surface area contributed by atoms with Crippen LogP contribution in [0.4, 0.5) is 13.2 Å². The first-order chi connectivity index (χ1) is 13.1. The minimum Gasteiger partial charge on any atom is -0.508 e. The Morgan fingerprint density at radius 3 is 2.43 bits per heavy atom. The molecule has 2 amide bonds. The molecule has 0 saturated heterocycles. The number of carbonyl (C=O) groups excluding carboxylic acids is 2. The third-order valence-electron chi connectivity index (χ3n) is 3.91. The van der Waals surface area contributed by atoms with Crippen molar-refractivity contribution in [1.82, 2.24) is 10.2 Å². The molecular formula is C19H16F3N3O3. The summed E-state index contributed by atoms with van der Waals surface area (Å²) in [4.78, 5) is 25.5. The van der Waals surface area contributed by atoms with Crippen LogP contribution in [0.3, 0.4) is 0 Å². The molecule has 0 spiro atoms. The van der Waals surface area contributed by atoms with Crippen LogP contribution >= 0.6 is 0 Å². The molecule has 0 fully saturated rings. The third kappa shape index (κ3) is 5.23. The van der Waals surface area contributed by atoms with Gasteiger partial charge in [0, 0.05) is 19.0 Å². The smallest absolute Gasteiger partial charge is 0.416 e. The van der Waals surface area contributed by atoms with Gasteiger partial charge in [-0.2, -0.15) is 18.4 Å². The maximum Gasteiger partial charge on any atom is 0.416 e. The molecule has 0 aromatic heterocycles. The maximum absolute atomic E-state index is 12.8. The summed E-state index contributed by atoms with van der Waals surface area (Å²) >= 11 is 0. The van der Waals surface area contributed by atoms with Gasteiger partial charge < -0.3 is 10.4 Å². The number of halogens is 3. The van der Waals surface area contributed by atoms with Crippen LogP contribution in [0.5, 0.6) is 5.75 Å². The number of benzene rings is 2. The highest BCUT2D eigenvalue weighted by atomic mass is 19.4. The van der Waals surface area contributed by atoms with Crippen LogP contribution in [0.2, 0.25) is 0 Å². The lowest BCUT2D eigenvalue weighted by Crippen LogP contribution is -2.47. The molecule has 1 unspecified atom stereocenters. The van der Waals surface area contributed by atoms with Crippen molar-refractivity contribution >= 4 is 11.8 Å². The molecule has 2 aromatic carbocycles. The zero-order valence-electron chi connectivity index (χ0n) is 14.7. The van der Waals surface area contributed by atoms with E-state index in [1.54, 1.807) is 6.19 Å². The molecule has 0 heterocycles. The molecule has 0 aliphatic heterocycles. The van der Waals surface area contributed by atoms with E-state index in [0.717, 1.165) is 17.0 Å². The van der Waals surface area contributed by atoms with Crippen LogP contribution in [0, 0.1) is 11.5 Å². The highest BCUT2D eigenvalue weighted by molar-refractivity contribution is 5.98. The van der Waals surface area contributed by atoms with Gasteiger partial charge in [0.25, 0.3) is 11.8 Å².